The number of aryl methyl sites for hydroxylation is 3. The Bertz CT molecular complexity index is 564. The van der Waals surface area contributed by atoms with E-state index in [1.54, 1.807) is 7.11 Å². The molecule has 0 saturated heterocycles. The van der Waals surface area contributed by atoms with Crippen molar-refractivity contribution >= 4 is 10.9 Å². The first kappa shape index (κ1) is 12.8. The van der Waals surface area contributed by atoms with Crippen molar-refractivity contribution < 1.29 is 4.74 Å². The lowest BCUT2D eigenvalue weighted by Crippen LogP contribution is -2.01. The summed E-state index contributed by atoms with van der Waals surface area (Å²) in [5.74, 6) is 0.898. The molecule has 0 aliphatic heterocycles. The Balaban J connectivity index is 2.59. The van der Waals surface area contributed by atoms with Crippen molar-refractivity contribution in [3.8, 4) is 5.75 Å². The number of hydrogen-bond acceptors (Lipinski definition) is 3. The van der Waals surface area contributed by atoms with Gasteiger partial charge in [-0.1, -0.05) is 6.07 Å². The highest BCUT2D eigenvalue weighted by Crippen LogP contribution is 2.29. The minimum atomic E-state index is 0.723. The van der Waals surface area contributed by atoms with Crippen LogP contribution < -0.4 is 10.5 Å². The molecule has 0 aliphatic carbocycles. The fraction of sp³-hybridized carbons (Fsp3) is 0.400. The fourth-order valence-corrected chi connectivity index (χ4v) is 2.29. The molecule has 18 heavy (non-hydrogen) atoms. The van der Waals surface area contributed by atoms with Crippen molar-refractivity contribution in [2.75, 3.05) is 13.7 Å². The Morgan fingerprint density at radius 3 is 2.67 bits per heavy atom. The Kier molecular flexibility index (Phi) is 3.82. The maximum Gasteiger partial charge on any atom is 0.130 e. The Morgan fingerprint density at radius 2 is 2.00 bits per heavy atom. The van der Waals surface area contributed by atoms with E-state index in [9.17, 15) is 0 Å². The molecule has 0 aliphatic rings. The fourth-order valence-electron chi connectivity index (χ4n) is 2.29. The molecular weight excluding hydrogens is 224 g/mol. The summed E-state index contributed by atoms with van der Waals surface area (Å²) in [6, 6.07) is 6.35. The molecule has 1 heterocycles. The maximum atomic E-state index is 5.57. The highest BCUT2D eigenvalue weighted by atomic mass is 16.5. The van der Waals surface area contributed by atoms with Crippen LogP contribution >= 0.6 is 0 Å². The topological polar surface area (TPSA) is 48.1 Å². The molecule has 0 unspecified atom stereocenters. The van der Waals surface area contributed by atoms with Gasteiger partial charge in [0, 0.05) is 17.1 Å². The maximum absolute atomic E-state index is 5.57. The van der Waals surface area contributed by atoms with E-state index in [2.05, 4.69) is 24.0 Å². The zero-order chi connectivity index (χ0) is 13.1. The van der Waals surface area contributed by atoms with Gasteiger partial charge in [-0.25, -0.2) is 0 Å². The smallest absolute Gasteiger partial charge is 0.130 e. The van der Waals surface area contributed by atoms with Crippen LogP contribution in [0.4, 0.5) is 0 Å². The number of nitrogens with two attached hydrogens (primary N) is 1. The number of fused-ring (bicyclic) bond motifs is 1. The minimum Gasteiger partial charge on any atom is -0.496 e. The first-order chi connectivity index (χ1) is 8.65. The van der Waals surface area contributed by atoms with E-state index in [0.29, 0.717) is 0 Å². The first-order valence-electron chi connectivity index (χ1n) is 6.30. The van der Waals surface area contributed by atoms with Crippen molar-refractivity contribution in [1.29, 1.82) is 0 Å². The van der Waals surface area contributed by atoms with Crippen LogP contribution in [0.25, 0.3) is 10.9 Å². The summed E-state index contributed by atoms with van der Waals surface area (Å²) in [7, 11) is 1.70. The van der Waals surface area contributed by atoms with Gasteiger partial charge in [-0.05, 0) is 50.4 Å². The molecule has 2 aromatic rings. The zero-order valence-electron chi connectivity index (χ0n) is 11.3. The average molecular weight is 244 g/mol. The molecule has 2 N–H and O–H groups in total. The van der Waals surface area contributed by atoms with Gasteiger partial charge in [-0.2, -0.15) is 0 Å². The average Bonchev–Trinajstić information content (AvgIpc) is 2.36. The largest absolute Gasteiger partial charge is 0.496 e. The van der Waals surface area contributed by atoms with E-state index in [0.717, 1.165) is 41.7 Å². The predicted octanol–water partition coefficient (Wildman–Crippen LogP) is 2.75. The predicted molar refractivity (Wildman–Crippen MR) is 75.1 cm³/mol. The van der Waals surface area contributed by atoms with E-state index < -0.39 is 0 Å². The molecule has 3 heteroatoms. The van der Waals surface area contributed by atoms with Crippen LogP contribution in [-0.4, -0.2) is 18.6 Å². The quantitative estimate of drug-likeness (QED) is 0.899. The van der Waals surface area contributed by atoms with Crippen LogP contribution in [0.1, 0.15) is 23.2 Å². The standard InChI is InChI=1S/C15H20N2O/c1-10-7-12(5-4-6-16)9-13-14(18-3)8-11(2)17-15(10)13/h7-9H,4-6,16H2,1-3H3. The third-order valence-electron chi connectivity index (χ3n) is 3.14. The molecule has 0 amide bonds. The van der Waals surface area contributed by atoms with Gasteiger partial charge in [0.05, 0.1) is 12.6 Å². The van der Waals surface area contributed by atoms with Gasteiger partial charge in [0.25, 0.3) is 0 Å². The van der Waals surface area contributed by atoms with Gasteiger partial charge in [0.15, 0.2) is 0 Å². The van der Waals surface area contributed by atoms with Gasteiger partial charge >= 0.3 is 0 Å². The van der Waals surface area contributed by atoms with E-state index >= 15 is 0 Å². The van der Waals surface area contributed by atoms with E-state index in [1.165, 1.54) is 11.1 Å². The summed E-state index contributed by atoms with van der Waals surface area (Å²) in [6.45, 7) is 4.81. The molecule has 0 radical (unpaired) electrons. The number of ether oxygens (including phenoxy) is 1. The molecule has 0 saturated carbocycles. The molecular formula is C15H20N2O. The number of benzene rings is 1. The van der Waals surface area contributed by atoms with Crippen LogP contribution in [0.2, 0.25) is 0 Å². The molecule has 0 atom stereocenters. The van der Waals surface area contributed by atoms with Crippen molar-refractivity contribution in [2.24, 2.45) is 5.73 Å². The van der Waals surface area contributed by atoms with Crippen LogP contribution in [0.3, 0.4) is 0 Å². The second-order valence-electron chi connectivity index (χ2n) is 4.67. The monoisotopic (exact) mass is 244 g/mol. The second-order valence-corrected chi connectivity index (χ2v) is 4.67. The van der Waals surface area contributed by atoms with E-state index in [-0.39, 0.29) is 0 Å². The lowest BCUT2D eigenvalue weighted by atomic mass is 10.0. The number of methoxy groups -OCH3 is 1. The molecule has 3 nitrogen and oxygen atoms in total. The highest BCUT2D eigenvalue weighted by molar-refractivity contribution is 5.88. The van der Waals surface area contributed by atoms with E-state index in [4.69, 9.17) is 10.5 Å². The molecule has 1 aromatic heterocycles. The molecule has 96 valence electrons. The lowest BCUT2D eigenvalue weighted by Gasteiger charge is -2.11. The summed E-state index contributed by atoms with van der Waals surface area (Å²) in [5, 5.41) is 1.09. The summed E-state index contributed by atoms with van der Waals surface area (Å²) >= 11 is 0. The van der Waals surface area contributed by atoms with Crippen molar-refractivity contribution in [3.05, 3.63) is 35.0 Å². The van der Waals surface area contributed by atoms with E-state index in [1.807, 2.05) is 13.0 Å². The molecule has 0 bridgehead atoms. The van der Waals surface area contributed by atoms with Gasteiger partial charge in [-0.15, -0.1) is 0 Å². The van der Waals surface area contributed by atoms with Crippen LogP contribution in [-0.2, 0) is 6.42 Å². The van der Waals surface area contributed by atoms with Gasteiger partial charge in [-0.3, -0.25) is 4.98 Å². The minimum absolute atomic E-state index is 0.723. The summed E-state index contributed by atoms with van der Waals surface area (Å²) in [5.41, 5.74) is 10.1. The molecule has 0 spiro atoms. The molecule has 0 fully saturated rings. The van der Waals surface area contributed by atoms with Gasteiger partial charge in [0.2, 0.25) is 0 Å². The third-order valence-corrected chi connectivity index (χ3v) is 3.14. The lowest BCUT2D eigenvalue weighted by molar-refractivity contribution is 0.419. The van der Waals surface area contributed by atoms with Crippen molar-refractivity contribution in [2.45, 2.75) is 26.7 Å². The van der Waals surface area contributed by atoms with Crippen molar-refractivity contribution in [1.82, 2.24) is 4.98 Å². The van der Waals surface area contributed by atoms with Gasteiger partial charge in [0.1, 0.15) is 5.75 Å². The van der Waals surface area contributed by atoms with Crippen LogP contribution in [0.15, 0.2) is 18.2 Å². The molecule has 1 aromatic carbocycles. The number of nitrogens with zero attached hydrogens (tertiary/aromatic N) is 1. The SMILES string of the molecule is COc1cc(C)nc2c(C)cc(CCCN)cc12. The Hall–Kier alpha value is -1.61. The Labute approximate surface area is 108 Å². The number of hydrogen-bond donors (Lipinski definition) is 1. The van der Waals surface area contributed by atoms with Gasteiger partial charge < -0.3 is 10.5 Å². The summed E-state index contributed by atoms with van der Waals surface area (Å²) in [6.07, 6.45) is 2.01. The summed E-state index contributed by atoms with van der Waals surface area (Å²) in [4.78, 5) is 4.60. The van der Waals surface area contributed by atoms with Crippen molar-refractivity contribution in [3.63, 3.8) is 0 Å². The number of aromatic nitrogens is 1. The van der Waals surface area contributed by atoms with Crippen LogP contribution in [0, 0.1) is 13.8 Å². The first-order valence-corrected chi connectivity index (χ1v) is 6.30. The van der Waals surface area contributed by atoms with Crippen LogP contribution in [0.5, 0.6) is 5.75 Å². The highest BCUT2D eigenvalue weighted by Gasteiger charge is 2.08. The zero-order valence-corrected chi connectivity index (χ0v) is 11.3. The number of pyridine rings is 1. The second kappa shape index (κ2) is 5.36. The normalized spacial score (nSPS) is 10.9. The Morgan fingerprint density at radius 1 is 1.22 bits per heavy atom. The summed E-state index contributed by atoms with van der Waals surface area (Å²) < 4.78 is 5.46. The third kappa shape index (κ3) is 2.46. The molecule has 2 rings (SSSR count). The number of rotatable bonds is 4.